The lowest BCUT2D eigenvalue weighted by molar-refractivity contribution is 0.125. The summed E-state index contributed by atoms with van der Waals surface area (Å²) >= 11 is 0. The van der Waals surface area contributed by atoms with Gasteiger partial charge in [-0.1, -0.05) is 13.8 Å². The molecule has 1 saturated heterocycles. The van der Waals surface area contributed by atoms with Crippen LogP contribution in [0.15, 0.2) is 0 Å². The zero-order valence-corrected chi connectivity index (χ0v) is 12.7. The van der Waals surface area contributed by atoms with Gasteiger partial charge in [0.2, 0.25) is 0 Å². The van der Waals surface area contributed by atoms with Gasteiger partial charge in [-0.3, -0.25) is 5.32 Å². The number of nitrogens with zero attached hydrogens (tertiary/aromatic N) is 2. The summed E-state index contributed by atoms with van der Waals surface area (Å²) < 4.78 is 0. The standard InChI is InChI=1S/C15H29N3/c1-13(2)17-15(5,12-16)8-11-18-9-6-14(3,4)7-10-18/h13,17H,6-11H2,1-5H3. The first kappa shape index (κ1) is 15.5. The molecule has 0 aromatic rings. The van der Waals surface area contributed by atoms with Crippen LogP contribution in [0.3, 0.4) is 0 Å². The molecule has 3 nitrogen and oxygen atoms in total. The van der Waals surface area contributed by atoms with E-state index in [1.807, 2.05) is 6.92 Å². The molecule has 3 heteroatoms. The van der Waals surface area contributed by atoms with Crippen molar-refractivity contribution < 1.29 is 0 Å². The van der Waals surface area contributed by atoms with Crippen LogP contribution in [0.4, 0.5) is 0 Å². The van der Waals surface area contributed by atoms with Crippen LogP contribution >= 0.6 is 0 Å². The molecule has 0 spiro atoms. The molecule has 0 amide bonds. The molecule has 0 aromatic heterocycles. The van der Waals surface area contributed by atoms with Crippen LogP contribution in [-0.4, -0.2) is 36.1 Å². The normalized spacial score (nSPS) is 23.6. The van der Waals surface area contributed by atoms with Gasteiger partial charge in [-0.25, -0.2) is 0 Å². The monoisotopic (exact) mass is 251 g/mol. The second kappa shape index (κ2) is 6.04. The molecule has 1 unspecified atom stereocenters. The first-order valence-electron chi connectivity index (χ1n) is 7.18. The predicted octanol–water partition coefficient (Wildman–Crippen LogP) is 2.78. The van der Waals surface area contributed by atoms with Crippen molar-refractivity contribution in [1.82, 2.24) is 10.2 Å². The van der Waals surface area contributed by atoms with Gasteiger partial charge >= 0.3 is 0 Å². The van der Waals surface area contributed by atoms with Crippen LogP contribution in [0, 0.1) is 16.7 Å². The van der Waals surface area contributed by atoms with Crippen LogP contribution in [-0.2, 0) is 0 Å². The highest BCUT2D eigenvalue weighted by molar-refractivity contribution is 5.04. The van der Waals surface area contributed by atoms with E-state index in [1.54, 1.807) is 0 Å². The summed E-state index contributed by atoms with van der Waals surface area (Å²) in [7, 11) is 0. The lowest BCUT2D eigenvalue weighted by Gasteiger charge is -2.38. The Morgan fingerprint density at radius 1 is 1.33 bits per heavy atom. The summed E-state index contributed by atoms with van der Waals surface area (Å²) in [5.74, 6) is 0. The highest BCUT2D eigenvalue weighted by Gasteiger charge is 2.28. The maximum absolute atomic E-state index is 9.32. The van der Waals surface area contributed by atoms with Gasteiger partial charge in [0.05, 0.1) is 6.07 Å². The molecule has 1 heterocycles. The molecule has 1 aliphatic heterocycles. The van der Waals surface area contributed by atoms with E-state index in [4.69, 9.17) is 0 Å². The maximum Gasteiger partial charge on any atom is 0.105 e. The second-order valence-electron chi connectivity index (χ2n) is 7.00. The van der Waals surface area contributed by atoms with Crippen LogP contribution in [0.1, 0.15) is 53.9 Å². The van der Waals surface area contributed by atoms with E-state index >= 15 is 0 Å². The molecule has 104 valence electrons. The second-order valence-corrected chi connectivity index (χ2v) is 7.00. The van der Waals surface area contributed by atoms with Gasteiger partial charge in [0, 0.05) is 12.6 Å². The van der Waals surface area contributed by atoms with Crippen molar-refractivity contribution in [3.63, 3.8) is 0 Å². The van der Waals surface area contributed by atoms with E-state index in [0.717, 1.165) is 13.0 Å². The third-order valence-corrected chi connectivity index (χ3v) is 3.99. The minimum Gasteiger partial charge on any atom is -0.303 e. The van der Waals surface area contributed by atoms with Crippen LogP contribution in [0.2, 0.25) is 0 Å². The Hall–Kier alpha value is -0.590. The molecule has 0 bridgehead atoms. The van der Waals surface area contributed by atoms with E-state index in [1.165, 1.54) is 25.9 Å². The molecule has 0 radical (unpaired) electrons. The Morgan fingerprint density at radius 2 is 1.89 bits per heavy atom. The summed E-state index contributed by atoms with van der Waals surface area (Å²) in [6.45, 7) is 14.3. The Morgan fingerprint density at radius 3 is 2.33 bits per heavy atom. The smallest absolute Gasteiger partial charge is 0.105 e. The largest absolute Gasteiger partial charge is 0.303 e. The highest BCUT2D eigenvalue weighted by Crippen LogP contribution is 2.29. The Balaban J connectivity index is 2.38. The van der Waals surface area contributed by atoms with Crippen molar-refractivity contribution in [1.29, 1.82) is 5.26 Å². The van der Waals surface area contributed by atoms with Gasteiger partial charge in [-0.05, 0) is 58.5 Å². The molecule has 1 atom stereocenters. The highest BCUT2D eigenvalue weighted by atomic mass is 15.1. The molecule has 0 saturated carbocycles. The van der Waals surface area contributed by atoms with Gasteiger partial charge in [-0.15, -0.1) is 0 Å². The lowest BCUT2D eigenvalue weighted by atomic mass is 9.82. The van der Waals surface area contributed by atoms with Crippen LogP contribution < -0.4 is 5.32 Å². The zero-order valence-electron chi connectivity index (χ0n) is 12.7. The van der Waals surface area contributed by atoms with E-state index in [9.17, 15) is 5.26 Å². The average molecular weight is 251 g/mol. The van der Waals surface area contributed by atoms with Crippen molar-refractivity contribution in [3.05, 3.63) is 0 Å². The number of rotatable bonds is 5. The van der Waals surface area contributed by atoms with Gasteiger partial charge < -0.3 is 4.90 Å². The summed E-state index contributed by atoms with van der Waals surface area (Å²) in [6, 6.07) is 2.78. The van der Waals surface area contributed by atoms with E-state index in [-0.39, 0.29) is 5.54 Å². The Bertz CT molecular complexity index is 293. The molecule has 1 fully saturated rings. The topological polar surface area (TPSA) is 39.1 Å². The number of nitriles is 1. The fourth-order valence-electron chi connectivity index (χ4n) is 2.56. The number of hydrogen-bond donors (Lipinski definition) is 1. The molecule has 18 heavy (non-hydrogen) atoms. The molecule has 1 aliphatic rings. The lowest BCUT2D eigenvalue weighted by Crippen LogP contribution is -2.48. The minimum atomic E-state index is -0.388. The number of piperidine rings is 1. The summed E-state index contributed by atoms with van der Waals surface area (Å²) in [6.07, 6.45) is 3.45. The third kappa shape index (κ3) is 4.96. The molecule has 1 rings (SSSR count). The van der Waals surface area contributed by atoms with Crippen molar-refractivity contribution >= 4 is 0 Å². The first-order chi connectivity index (χ1) is 8.26. The number of likely N-dealkylation sites (tertiary alicyclic amines) is 1. The third-order valence-electron chi connectivity index (χ3n) is 3.99. The van der Waals surface area contributed by atoms with Crippen molar-refractivity contribution in [3.8, 4) is 6.07 Å². The summed E-state index contributed by atoms with van der Waals surface area (Å²) in [5, 5.41) is 12.7. The van der Waals surface area contributed by atoms with Gasteiger partial charge in [0.25, 0.3) is 0 Å². The van der Waals surface area contributed by atoms with Gasteiger partial charge in [0.15, 0.2) is 0 Å². The van der Waals surface area contributed by atoms with E-state index < -0.39 is 0 Å². The average Bonchev–Trinajstić information content (AvgIpc) is 2.27. The quantitative estimate of drug-likeness (QED) is 0.816. The molecule has 1 N–H and O–H groups in total. The van der Waals surface area contributed by atoms with E-state index in [2.05, 4.69) is 44.0 Å². The predicted molar refractivity (Wildman–Crippen MR) is 76.4 cm³/mol. The fraction of sp³-hybridized carbons (Fsp3) is 0.933. The zero-order chi connectivity index (χ0) is 13.8. The molecule has 0 aliphatic carbocycles. The molecule has 0 aromatic carbocycles. The number of nitrogens with one attached hydrogen (secondary N) is 1. The number of hydrogen-bond acceptors (Lipinski definition) is 3. The van der Waals surface area contributed by atoms with Gasteiger partial charge in [-0.2, -0.15) is 5.26 Å². The fourth-order valence-corrected chi connectivity index (χ4v) is 2.56. The maximum atomic E-state index is 9.32. The minimum absolute atomic E-state index is 0.356. The SMILES string of the molecule is CC(C)NC(C)(C#N)CCN1CCC(C)(C)CC1. The first-order valence-corrected chi connectivity index (χ1v) is 7.18. The van der Waals surface area contributed by atoms with Crippen LogP contribution in [0.25, 0.3) is 0 Å². The van der Waals surface area contributed by atoms with Crippen molar-refractivity contribution in [2.45, 2.75) is 65.5 Å². The van der Waals surface area contributed by atoms with Crippen molar-refractivity contribution in [2.75, 3.05) is 19.6 Å². The van der Waals surface area contributed by atoms with Gasteiger partial charge in [0.1, 0.15) is 5.54 Å². The van der Waals surface area contributed by atoms with Crippen LogP contribution in [0.5, 0.6) is 0 Å². The Labute approximate surface area is 113 Å². The summed E-state index contributed by atoms with van der Waals surface area (Å²) in [5.41, 5.74) is 0.117. The van der Waals surface area contributed by atoms with E-state index in [0.29, 0.717) is 11.5 Å². The Kier molecular flexibility index (Phi) is 5.19. The molecular weight excluding hydrogens is 222 g/mol. The van der Waals surface area contributed by atoms with Crippen molar-refractivity contribution in [2.24, 2.45) is 5.41 Å². The molecular formula is C15H29N3. The summed E-state index contributed by atoms with van der Waals surface area (Å²) in [4.78, 5) is 2.50.